The van der Waals surface area contributed by atoms with E-state index in [2.05, 4.69) is 5.32 Å². The Balaban J connectivity index is 2.22. The van der Waals surface area contributed by atoms with Crippen LogP contribution in [0, 0.1) is 5.82 Å². The third-order valence-corrected chi connectivity index (χ3v) is 2.99. The molecule has 1 aromatic carbocycles. The predicted octanol–water partition coefficient (Wildman–Crippen LogP) is 2.76. The van der Waals surface area contributed by atoms with E-state index in [9.17, 15) is 8.78 Å². The lowest BCUT2D eigenvalue weighted by Gasteiger charge is -2.23. The minimum Gasteiger partial charge on any atom is -0.317 e. The van der Waals surface area contributed by atoms with Crippen molar-refractivity contribution in [1.82, 2.24) is 5.32 Å². The zero-order valence-corrected chi connectivity index (χ0v) is 8.60. The van der Waals surface area contributed by atoms with Gasteiger partial charge in [0.1, 0.15) is 11.5 Å². The topological polar surface area (TPSA) is 12.0 Å². The highest BCUT2D eigenvalue weighted by Gasteiger charge is 2.32. The van der Waals surface area contributed by atoms with E-state index in [1.807, 2.05) is 0 Å². The molecule has 1 aliphatic heterocycles. The van der Waals surface area contributed by atoms with Crippen LogP contribution in [0.1, 0.15) is 24.8 Å². The molecule has 1 fully saturated rings. The van der Waals surface area contributed by atoms with Crippen LogP contribution in [-0.2, 0) is 5.67 Å². The summed E-state index contributed by atoms with van der Waals surface area (Å²) >= 11 is 0. The smallest absolute Gasteiger partial charge is 0.137 e. The van der Waals surface area contributed by atoms with Gasteiger partial charge in [0.15, 0.2) is 0 Å². The molecule has 1 N–H and O–H groups in total. The summed E-state index contributed by atoms with van der Waals surface area (Å²) in [5.41, 5.74) is -0.676. The van der Waals surface area contributed by atoms with Crippen LogP contribution in [0.4, 0.5) is 8.78 Å². The predicted molar refractivity (Wildman–Crippen MR) is 55.9 cm³/mol. The van der Waals surface area contributed by atoms with Gasteiger partial charge in [0.25, 0.3) is 0 Å². The van der Waals surface area contributed by atoms with Gasteiger partial charge in [0.2, 0.25) is 0 Å². The molecular formula is C12H15F2N. The van der Waals surface area contributed by atoms with Crippen molar-refractivity contribution in [3.8, 4) is 0 Å². The summed E-state index contributed by atoms with van der Waals surface area (Å²) in [5, 5.41) is 3.17. The van der Waals surface area contributed by atoms with Crippen LogP contribution in [0.2, 0.25) is 0 Å². The van der Waals surface area contributed by atoms with E-state index in [-0.39, 0.29) is 5.82 Å². The average molecular weight is 211 g/mol. The van der Waals surface area contributed by atoms with Gasteiger partial charge in [-0.05, 0) is 50.0 Å². The molecule has 1 nitrogen and oxygen atoms in total. The summed E-state index contributed by atoms with van der Waals surface area (Å²) in [4.78, 5) is 0. The second-order valence-corrected chi connectivity index (χ2v) is 4.08. The Morgan fingerprint density at radius 3 is 2.53 bits per heavy atom. The van der Waals surface area contributed by atoms with Gasteiger partial charge >= 0.3 is 0 Å². The van der Waals surface area contributed by atoms with Gasteiger partial charge in [-0.25, -0.2) is 8.78 Å². The SMILES string of the molecule is Fc1ccc(C2(F)CCCNCC2)cc1. The largest absolute Gasteiger partial charge is 0.317 e. The summed E-state index contributed by atoms with van der Waals surface area (Å²) in [5.74, 6) is -0.311. The lowest BCUT2D eigenvalue weighted by atomic mass is 9.89. The normalized spacial score (nSPS) is 27.3. The van der Waals surface area contributed by atoms with E-state index in [0.29, 0.717) is 24.9 Å². The Morgan fingerprint density at radius 1 is 1.07 bits per heavy atom. The fraction of sp³-hybridized carbons (Fsp3) is 0.500. The maximum absolute atomic E-state index is 14.5. The van der Waals surface area contributed by atoms with Crippen LogP contribution in [0.15, 0.2) is 24.3 Å². The zero-order valence-electron chi connectivity index (χ0n) is 8.60. The van der Waals surface area contributed by atoms with Gasteiger partial charge in [-0.3, -0.25) is 0 Å². The fourth-order valence-corrected chi connectivity index (χ4v) is 2.07. The highest BCUT2D eigenvalue weighted by Crippen LogP contribution is 2.35. The first kappa shape index (κ1) is 10.6. The maximum atomic E-state index is 14.5. The van der Waals surface area contributed by atoms with Crippen molar-refractivity contribution in [3.63, 3.8) is 0 Å². The molecule has 1 heterocycles. The Labute approximate surface area is 88.5 Å². The van der Waals surface area contributed by atoms with E-state index in [1.54, 1.807) is 12.1 Å². The van der Waals surface area contributed by atoms with Crippen molar-refractivity contribution in [2.24, 2.45) is 0 Å². The summed E-state index contributed by atoms with van der Waals surface area (Å²) in [6, 6.07) is 5.77. The Hall–Kier alpha value is -0.960. The molecule has 0 aliphatic carbocycles. The van der Waals surface area contributed by atoms with Gasteiger partial charge in [-0.2, -0.15) is 0 Å². The second kappa shape index (κ2) is 4.27. The van der Waals surface area contributed by atoms with Crippen LogP contribution < -0.4 is 5.32 Å². The number of alkyl halides is 1. The van der Waals surface area contributed by atoms with E-state index in [1.165, 1.54) is 12.1 Å². The molecule has 0 radical (unpaired) electrons. The van der Waals surface area contributed by atoms with E-state index in [4.69, 9.17) is 0 Å². The summed E-state index contributed by atoms with van der Waals surface area (Å²) in [7, 11) is 0. The third kappa shape index (κ3) is 2.34. The minimum atomic E-state index is -1.28. The molecule has 1 saturated heterocycles. The van der Waals surface area contributed by atoms with E-state index < -0.39 is 5.67 Å². The molecule has 0 spiro atoms. The quantitative estimate of drug-likeness (QED) is 0.753. The lowest BCUT2D eigenvalue weighted by molar-refractivity contribution is 0.145. The summed E-state index contributed by atoms with van der Waals surface area (Å²) in [6.45, 7) is 1.56. The summed E-state index contributed by atoms with van der Waals surface area (Å²) < 4.78 is 27.3. The highest BCUT2D eigenvalue weighted by molar-refractivity contribution is 5.23. The molecule has 15 heavy (non-hydrogen) atoms. The van der Waals surface area contributed by atoms with Gasteiger partial charge in [-0.1, -0.05) is 12.1 Å². The van der Waals surface area contributed by atoms with Gasteiger partial charge in [0.05, 0.1) is 0 Å². The first-order chi connectivity index (χ1) is 7.21. The minimum absolute atomic E-state index is 0.311. The van der Waals surface area contributed by atoms with Crippen molar-refractivity contribution in [2.45, 2.75) is 24.9 Å². The molecule has 1 aliphatic rings. The zero-order chi connectivity index (χ0) is 10.7. The molecule has 1 atom stereocenters. The van der Waals surface area contributed by atoms with Crippen molar-refractivity contribution >= 4 is 0 Å². The molecule has 3 heteroatoms. The standard InChI is InChI=1S/C12H15F2N/c13-11-4-2-10(3-5-11)12(14)6-1-8-15-9-7-12/h2-5,15H,1,6-9H2. The molecule has 0 bridgehead atoms. The van der Waals surface area contributed by atoms with Gasteiger partial charge in [0, 0.05) is 0 Å². The lowest BCUT2D eigenvalue weighted by Crippen LogP contribution is -2.22. The van der Waals surface area contributed by atoms with Crippen molar-refractivity contribution in [3.05, 3.63) is 35.6 Å². The van der Waals surface area contributed by atoms with Crippen LogP contribution in [-0.4, -0.2) is 13.1 Å². The van der Waals surface area contributed by atoms with Crippen molar-refractivity contribution < 1.29 is 8.78 Å². The molecule has 82 valence electrons. The molecule has 2 rings (SSSR count). The second-order valence-electron chi connectivity index (χ2n) is 4.08. The number of hydrogen-bond acceptors (Lipinski definition) is 1. The molecule has 1 unspecified atom stereocenters. The van der Waals surface area contributed by atoms with Crippen LogP contribution in [0.5, 0.6) is 0 Å². The van der Waals surface area contributed by atoms with Crippen molar-refractivity contribution in [2.75, 3.05) is 13.1 Å². The molecular weight excluding hydrogens is 196 g/mol. The Bertz CT molecular complexity index is 313. The maximum Gasteiger partial charge on any atom is 0.137 e. The molecule has 0 amide bonds. The number of rotatable bonds is 1. The van der Waals surface area contributed by atoms with Crippen LogP contribution >= 0.6 is 0 Å². The Kier molecular flexibility index (Phi) is 3.00. The third-order valence-electron chi connectivity index (χ3n) is 2.99. The number of hydrogen-bond donors (Lipinski definition) is 1. The monoisotopic (exact) mass is 211 g/mol. The Morgan fingerprint density at radius 2 is 1.80 bits per heavy atom. The molecule has 0 saturated carbocycles. The van der Waals surface area contributed by atoms with Crippen LogP contribution in [0.3, 0.4) is 0 Å². The fourth-order valence-electron chi connectivity index (χ4n) is 2.07. The summed E-state index contributed by atoms with van der Waals surface area (Å²) in [6.07, 6.45) is 1.82. The first-order valence-electron chi connectivity index (χ1n) is 5.36. The van der Waals surface area contributed by atoms with Crippen LogP contribution in [0.25, 0.3) is 0 Å². The average Bonchev–Trinajstić information content (AvgIpc) is 2.45. The first-order valence-corrected chi connectivity index (χ1v) is 5.36. The number of benzene rings is 1. The number of halogens is 2. The van der Waals surface area contributed by atoms with E-state index in [0.717, 1.165) is 13.0 Å². The molecule has 0 aromatic heterocycles. The van der Waals surface area contributed by atoms with Gasteiger partial charge < -0.3 is 5.32 Å². The van der Waals surface area contributed by atoms with Gasteiger partial charge in [-0.15, -0.1) is 0 Å². The number of nitrogens with one attached hydrogen (secondary N) is 1. The highest BCUT2D eigenvalue weighted by atomic mass is 19.1. The molecule has 1 aromatic rings. The van der Waals surface area contributed by atoms with E-state index >= 15 is 0 Å². The van der Waals surface area contributed by atoms with Crippen molar-refractivity contribution in [1.29, 1.82) is 0 Å².